The van der Waals surface area contributed by atoms with Gasteiger partial charge in [-0.1, -0.05) is 25.1 Å². The first-order valence-electron chi connectivity index (χ1n) is 6.94. The molecule has 0 unspecified atom stereocenters. The van der Waals surface area contributed by atoms with E-state index in [0.29, 0.717) is 0 Å². The van der Waals surface area contributed by atoms with Gasteiger partial charge in [-0.15, -0.1) is 0 Å². The Balaban J connectivity index is 2.80. The second-order valence-corrected chi connectivity index (χ2v) is 4.68. The number of aliphatic carboxylic acids is 1. The molecule has 0 aliphatic carbocycles. The molecule has 1 aromatic carbocycles. The number of rotatable bonds is 7. The summed E-state index contributed by atoms with van der Waals surface area (Å²) >= 11 is 0. The van der Waals surface area contributed by atoms with E-state index in [9.17, 15) is 9.59 Å². The number of carbonyl (C=O) groups excluding carboxylic acids is 1. The number of amides is 1. The third kappa shape index (κ3) is 4.94. The average Bonchev–Trinajstić information content (AvgIpc) is 2.48. The molecule has 1 rings (SSSR count). The highest BCUT2D eigenvalue weighted by Crippen LogP contribution is 2.21. The van der Waals surface area contributed by atoms with Crippen LogP contribution in [0.25, 0.3) is 0 Å². The van der Waals surface area contributed by atoms with Gasteiger partial charge >= 0.3 is 5.97 Å². The number of nitrogens with one attached hydrogen (secondary N) is 2. The van der Waals surface area contributed by atoms with Crippen LogP contribution in [-0.4, -0.2) is 23.5 Å². The van der Waals surface area contributed by atoms with Crippen LogP contribution in [0, 0.1) is 18.3 Å². The zero-order valence-electron chi connectivity index (χ0n) is 12.6. The Morgan fingerprint density at radius 3 is 2.73 bits per heavy atom. The Hall–Kier alpha value is -2.81. The number of carbonyl (C=O) groups is 2. The van der Waals surface area contributed by atoms with Crippen molar-refractivity contribution in [2.75, 3.05) is 11.9 Å². The molecule has 0 bridgehead atoms. The van der Waals surface area contributed by atoms with Crippen molar-refractivity contribution in [3.63, 3.8) is 0 Å². The Kier molecular flexibility index (Phi) is 6.64. The van der Waals surface area contributed by atoms with E-state index in [0.717, 1.165) is 23.2 Å². The average molecular weight is 301 g/mol. The largest absolute Gasteiger partial charge is 0.481 e. The van der Waals surface area contributed by atoms with Crippen LogP contribution in [0.4, 0.5) is 5.69 Å². The van der Waals surface area contributed by atoms with Crippen LogP contribution in [-0.2, 0) is 16.0 Å². The van der Waals surface area contributed by atoms with E-state index in [-0.39, 0.29) is 18.5 Å². The highest BCUT2D eigenvalue weighted by atomic mass is 16.4. The lowest BCUT2D eigenvalue weighted by Crippen LogP contribution is -2.27. The molecular formula is C16H19N3O3. The first-order valence-corrected chi connectivity index (χ1v) is 6.94. The van der Waals surface area contributed by atoms with Gasteiger partial charge in [0.25, 0.3) is 5.91 Å². The lowest BCUT2D eigenvalue weighted by molar-refractivity contribution is -0.136. The fraction of sp³-hybridized carbons (Fsp3) is 0.312. The van der Waals surface area contributed by atoms with E-state index in [1.54, 1.807) is 6.07 Å². The molecule has 1 aromatic rings. The number of para-hydroxylation sites is 1. The normalized spacial score (nSPS) is 10.7. The molecule has 116 valence electrons. The number of anilines is 1. The summed E-state index contributed by atoms with van der Waals surface area (Å²) in [6.45, 7) is 3.94. The first kappa shape index (κ1) is 17.2. The fourth-order valence-corrected chi connectivity index (χ4v) is 1.90. The second-order valence-electron chi connectivity index (χ2n) is 4.68. The second kappa shape index (κ2) is 8.47. The maximum absolute atomic E-state index is 11.8. The molecule has 6 heteroatoms. The SMILES string of the molecule is CCc1cccc(C)c1N/C=C(/C#N)C(=O)NCCC(=O)O. The quantitative estimate of drug-likeness (QED) is 0.528. The van der Waals surface area contributed by atoms with Gasteiger partial charge in [-0.25, -0.2) is 0 Å². The van der Waals surface area contributed by atoms with Gasteiger partial charge in [0.15, 0.2) is 0 Å². The number of hydrogen-bond acceptors (Lipinski definition) is 4. The summed E-state index contributed by atoms with van der Waals surface area (Å²) in [5.41, 5.74) is 2.87. The molecule has 22 heavy (non-hydrogen) atoms. The Morgan fingerprint density at radius 1 is 1.41 bits per heavy atom. The van der Waals surface area contributed by atoms with Crippen LogP contribution in [0.1, 0.15) is 24.5 Å². The molecule has 0 atom stereocenters. The molecular weight excluding hydrogens is 282 g/mol. The van der Waals surface area contributed by atoms with E-state index in [1.165, 1.54) is 6.20 Å². The number of carboxylic acids is 1. The van der Waals surface area contributed by atoms with Gasteiger partial charge in [-0.3, -0.25) is 9.59 Å². The fourth-order valence-electron chi connectivity index (χ4n) is 1.90. The molecule has 0 heterocycles. The first-order chi connectivity index (χ1) is 10.5. The van der Waals surface area contributed by atoms with Crippen molar-refractivity contribution in [2.24, 2.45) is 0 Å². The number of carboxylic acid groups (broad SMARTS) is 1. The molecule has 0 saturated carbocycles. The van der Waals surface area contributed by atoms with Crippen molar-refractivity contribution in [1.29, 1.82) is 5.26 Å². The molecule has 3 N–H and O–H groups in total. The molecule has 0 aromatic heterocycles. The van der Waals surface area contributed by atoms with Gasteiger partial charge in [0, 0.05) is 18.4 Å². The van der Waals surface area contributed by atoms with E-state index in [4.69, 9.17) is 10.4 Å². The van der Waals surface area contributed by atoms with Gasteiger partial charge in [0.2, 0.25) is 0 Å². The summed E-state index contributed by atoms with van der Waals surface area (Å²) in [6.07, 6.45) is 1.98. The molecule has 0 aliphatic heterocycles. The summed E-state index contributed by atoms with van der Waals surface area (Å²) in [7, 11) is 0. The molecule has 6 nitrogen and oxygen atoms in total. The lowest BCUT2D eigenvalue weighted by Gasteiger charge is -2.11. The maximum Gasteiger partial charge on any atom is 0.305 e. The third-order valence-corrected chi connectivity index (χ3v) is 3.09. The summed E-state index contributed by atoms with van der Waals surface area (Å²) < 4.78 is 0. The smallest absolute Gasteiger partial charge is 0.305 e. The zero-order chi connectivity index (χ0) is 16.5. The van der Waals surface area contributed by atoms with Crippen molar-refractivity contribution in [2.45, 2.75) is 26.7 Å². The summed E-state index contributed by atoms with van der Waals surface area (Å²) in [5.74, 6) is -1.60. The van der Waals surface area contributed by atoms with E-state index >= 15 is 0 Å². The van der Waals surface area contributed by atoms with Gasteiger partial charge in [0.05, 0.1) is 6.42 Å². The van der Waals surface area contributed by atoms with Crippen LogP contribution in [0.2, 0.25) is 0 Å². The van der Waals surface area contributed by atoms with E-state index in [1.807, 2.05) is 32.0 Å². The minimum Gasteiger partial charge on any atom is -0.481 e. The topological polar surface area (TPSA) is 102 Å². The Bertz CT molecular complexity index is 630. The summed E-state index contributed by atoms with van der Waals surface area (Å²) in [6, 6.07) is 7.67. The highest BCUT2D eigenvalue weighted by Gasteiger charge is 2.10. The third-order valence-electron chi connectivity index (χ3n) is 3.09. The molecule has 1 amide bonds. The van der Waals surface area contributed by atoms with Gasteiger partial charge < -0.3 is 15.7 Å². The molecule has 0 saturated heterocycles. The summed E-state index contributed by atoms with van der Waals surface area (Å²) in [4.78, 5) is 22.2. The maximum atomic E-state index is 11.8. The number of nitrogens with zero attached hydrogens (tertiary/aromatic N) is 1. The van der Waals surface area contributed by atoms with Crippen LogP contribution in [0.3, 0.4) is 0 Å². The highest BCUT2D eigenvalue weighted by molar-refractivity contribution is 5.97. The number of aryl methyl sites for hydroxylation is 2. The van der Waals surface area contributed by atoms with Crippen LogP contribution in [0.15, 0.2) is 30.0 Å². The Morgan fingerprint density at radius 2 is 2.14 bits per heavy atom. The number of nitriles is 1. The molecule has 0 fully saturated rings. The molecule has 0 radical (unpaired) electrons. The Labute approximate surface area is 129 Å². The van der Waals surface area contributed by atoms with Crippen molar-refractivity contribution >= 4 is 17.6 Å². The van der Waals surface area contributed by atoms with E-state index < -0.39 is 11.9 Å². The number of hydrogen-bond donors (Lipinski definition) is 3. The lowest BCUT2D eigenvalue weighted by atomic mass is 10.1. The minimum atomic E-state index is -1.01. The summed E-state index contributed by atoms with van der Waals surface area (Å²) in [5, 5.41) is 23.0. The number of benzene rings is 1. The van der Waals surface area contributed by atoms with Gasteiger partial charge in [0.1, 0.15) is 11.6 Å². The van der Waals surface area contributed by atoms with E-state index in [2.05, 4.69) is 10.6 Å². The van der Waals surface area contributed by atoms with Crippen molar-refractivity contribution in [3.05, 3.63) is 41.1 Å². The zero-order valence-corrected chi connectivity index (χ0v) is 12.6. The van der Waals surface area contributed by atoms with Gasteiger partial charge in [-0.05, 0) is 24.5 Å². The van der Waals surface area contributed by atoms with Gasteiger partial charge in [-0.2, -0.15) is 5.26 Å². The van der Waals surface area contributed by atoms with Crippen molar-refractivity contribution < 1.29 is 14.7 Å². The predicted molar refractivity (Wildman–Crippen MR) is 83.1 cm³/mol. The van der Waals surface area contributed by atoms with Crippen LogP contribution in [0.5, 0.6) is 0 Å². The molecule has 0 spiro atoms. The van der Waals surface area contributed by atoms with Crippen LogP contribution < -0.4 is 10.6 Å². The van der Waals surface area contributed by atoms with Crippen molar-refractivity contribution in [1.82, 2.24) is 5.32 Å². The monoisotopic (exact) mass is 301 g/mol. The predicted octanol–water partition coefficient (Wildman–Crippen LogP) is 1.97. The van der Waals surface area contributed by atoms with Crippen molar-refractivity contribution in [3.8, 4) is 6.07 Å². The van der Waals surface area contributed by atoms with Crippen LogP contribution >= 0.6 is 0 Å². The molecule has 0 aliphatic rings. The minimum absolute atomic E-state index is 0.0161. The standard InChI is InChI=1S/C16H19N3O3/c1-3-12-6-4-5-11(2)15(12)19-10-13(9-17)16(22)18-8-7-14(20)21/h4-6,10,19H,3,7-8H2,1-2H3,(H,18,22)(H,20,21)/b13-10-.